The second kappa shape index (κ2) is 4.26. The van der Waals surface area contributed by atoms with Gasteiger partial charge in [0.15, 0.2) is 0 Å². The van der Waals surface area contributed by atoms with E-state index in [-0.39, 0.29) is 22.1 Å². The standard InChI is InChI=1S/C9H6BrFN4S/c10-4-1-2-6(11)5(3-4)7-13-8(12)15-9(16)14-7/h1-3H,(H3,12,13,14,15,16). The molecule has 1 aromatic carbocycles. The minimum absolute atomic E-state index is 0.0747. The fourth-order valence-corrected chi connectivity index (χ4v) is 1.76. The van der Waals surface area contributed by atoms with Gasteiger partial charge in [0.05, 0.1) is 5.56 Å². The fourth-order valence-electron chi connectivity index (χ4n) is 1.21. The second-order valence-corrected chi connectivity index (χ2v) is 4.27. The van der Waals surface area contributed by atoms with E-state index in [1.807, 2.05) is 0 Å². The largest absolute Gasteiger partial charge is 0.369 e. The van der Waals surface area contributed by atoms with Crippen LogP contribution in [-0.2, 0) is 0 Å². The van der Waals surface area contributed by atoms with Gasteiger partial charge in [0.1, 0.15) is 11.6 Å². The number of rotatable bonds is 1. The van der Waals surface area contributed by atoms with E-state index in [4.69, 9.17) is 18.0 Å². The summed E-state index contributed by atoms with van der Waals surface area (Å²) >= 11 is 8.06. The maximum Gasteiger partial charge on any atom is 0.224 e. The molecule has 0 aliphatic rings. The quantitative estimate of drug-likeness (QED) is 0.795. The molecule has 0 radical (unpaired) electrons. The first-order valence-corrected chi connectivity index (χ1v) is 5.45. The summed E-state index contributed by atoms with van der Waals surface area (Å²) in [7, 11) is 0. The molecule has 2 aromatic rings. The number of nitrogens with one attached hydrogen (secondary N) is 1. The Morgan fingerprint density at radius 2 is 2.12 bits per heavy atom. The van der Waals surface area contributed by atoms with E-state index < -0.39 is 5.82 Å². The molecule has 16 heavy (non-hydrogen) atoms. The summed E-state index contributed by atoms with van der Waals surface area (Å²) in [5, 5.41) is 0. The average Bonchev–Trinajstić information content (AvgIpc) is 2.20. The number of nitrogens with zero attached hydrogens (tertiary/aromatic N) is 2. The molecule has 0 saturated carbocycles. The summed E-state index contributed by atoms with van der Waals surface area (Å²) in [4.78, 5) is 10.3. The van der Waals surface area contributed by atoms with Crippen molar-refractivity contribution in [3.8, 4) is 11.4 Å². The lowest BCUT2D eigenvalue weighted by molar-refractivity contribution is 0.629. The maximum atomic E-state index is 13.5. The lowest BCUT2D eigenvalue weighted by Crippen LogP contribution is -2.00. The summed E-state index contributed by atoms with van der Waals surface area (Å²) < 4.78 is 14.4. The Morgan fingerprint density at radius 1 is 1.38 bits per heavy atom. The summed E-state index contributed by atoms with van der Waals surface area (Å²) in [6.07, 6.45) is 0. The maximum absolute atomic E-state index is 13.5. The minimum atomic E-state index is -0.410. The van der Waals surface area contributed by atoms with Crippen LogP contribution in [0.3, 0.4) is 0 Å². The third-order valence-corrected chi connectivity index (χ3v) is 2.53. The molecule has 4 nitrogen and oxygen atoms in total. The van der Waals surface area contributed by atoms with Gasteiger partial charge in [0.2, 0.25) is 10.7 Å². The van der Waals surface area contributed by atoms with E-state index in [0.717, 1.165) is 4.47 Å². The van der Waals surface area contributed by atoms with Crippen LogP contribution < -0.4 is 5.73 Å². The van der Waals surface area contributed by atoms with Crippen LogP contribution in [0, 0.1) is 10.6 Å². The summed E-state index contributed by atoms with van der Waals surface area (Å²) in [6, 6.07) is 4.51. The molecule has 0 unspecified atom stereocenters. The van der Waals surface area contributed by atoms with Gasteiger partial charge in [0, 0.05) is 4.47 Å². The predicted molar refractivity (Wildman–Crippen MR) is 64.7 cm³/mol. The van der Waals surface area contributed by atoms with Crippen LogP contribution in [0.1, 0.15) is 0 Å². The van der Waals surface area contributed by atoms with Crippen LogP contribution in [0.5, 0.6) is 0 Å². The fraction of sp³-hybridized carbons (Fsp3) is 0. The number of nitrogen functional groups attached to an aromatic ring is 1. The molecule has 7 heteroatoms. The van der Waals surface area contributed by atoms with Gasteiger partial charge in [-0.05, 0) is 30.4 Å². The van der Waals surface area contributed by atoms with Crippen molar-refractivity contribution < 1.29 is 4.39 Å². The summed E-state index contributed by atoms with van der Waals surface area (Å²) in [6.45, 7) is 0. The monoisotopic (exact) mass is 300 g/mol. The van der Waals surface area contributed by atoms with Crippen LogP contribution >= 0.6 is 28.1 Å². The second-order valence-electron chi connectivity index (χ2n) is 2.99. The van der Waals surface area contributed by atoms with Crippen molar-refractivity contribution in [2.24, 2.45) is 0 Å². The minimum Gasteiger partial charge on any atom is -0.369 e. The normalized spacial score (nSPS) is 10.4. The topological polar surface area (TPSA) is 67.6 Å². The van der Waals surface area contributed by atoms with Crippen LogP contribution in [0.4, 0.5) is 10.3 Å². The molecule has 0 amide bonds. The van der Waals surface area contributed by atoms with E-state index in [2.05, 4.69) is 30.9 Å². The Labute approximate surface area is 104 Å². The van der Waals surface area contributed by atoms with Crippen molar-refractivity contribution in [3.63, 3.8) is 0 Å². The Hall–Kier alpha value is -1.34. The van der Waals surface area contributed by atoms with Crippen LogP contribution in [0.25, 0.3) is 11.4 Å². The SMILES string of the molecule is Nc1nc(=S)nc(-c2cc(Br)ccc2F)[nH]1. The molecule has 0 atom stereocenters. The third kappa shape index (κ3) is 2.25. The number of benzene rings is 1. The van der Waals surface area contributed by atoms with Gasteiger partial charge in [-0.15, -0.1) is 0 Å². The number of anilines is 1. The Bertz CT molecular complexity index is 598. The molecule has 0 spiro atoms. The molecular weight excluding hydrogens is 295 g/mol. The van der Waals surface area contributed by atoms with Crippen LogP contribution in [-0.4, -0.2) is 15.0 Å². The highest BCUT2D eigenvalue weighted by atomic mass is 79.9. The first kappa shape index (κ1) is 11.2. The van der Waals surface area contributed by atoms with E-state index in [1.54, 1.807) is 12.1 Å². The van der Waals surface area contributed by atoms with Gasteiger partial charge in [-0.2, -0.15) is 4.98 Å². The molecule has 2 rings (SSSR count). The Kier molecular flexibility index (Phi) is 2.97. The first-order chi connectivity index (χ1) is 7.56. The number of aromatic amines is 1. The number of hydrogen-bond acceptors (Lipinski definition) is 4. The highest BCUT2D eigenvalue weighted by Crippen LogP contribution is 2.23. The van der Waals surface area contributed by atoms with Gasteiger partial charge in [-0.3, -0.25) is 0 Å². The molecular formula is C9H6BrFN4S. The molecule has 1 heterocycles. The molecule has 1 aromatic heterocycles. The summed E-state index contributed by atoms with van der Waals surface area (Å²) in [5.41, 5.74) is 5.76. The number of halogens is 2. The number of hydrogen-bond donors (Lipinski definition) is 2. The van der Waals surface area contributed by atoms with E-state index in [0.29, 0.717) is 0 Å². The van der Waals surface area contributed by atoms with Crippen molar-refractivity contribution >= 4 is 34.1 Å². The van der Waals surface area contributed by atoms with Gasteiger partial charge in [0.25, 0.3) is 0 Å². The zero-order valence-electron chi connectivity index (χ0n) is 7.87. The number of aromatic nitrogens is 3. The lowest BCUT2D eigenvalue weighted by atomic mass is 10.2. The van der Waals surface area contributed by atoms with Crippen molar-refractivity contribution in [1.29, 1.82) is 0 Å². The Balaban J connectivity index is 2.66. The predicted octanol–water partition coefficient (Wildman–Crippen LogP) is 2.68. The molecule has 0 fully saturated rings. The van der Waals surface area contributed by atoms with Gasteiger partial charge in [-0.1, -0.05) is 15.9 Å². The molecule has 0 aliphatic carbocycles. The highest BCUT2D eigenvalue weighted by molar-refractivity contribution is 9.10. The number of H-pyrrole nitrogens is 1. The molecule has 0 saturated heterocycles. The van der Waals surface area contributed by atoms with E-state index >= 15 is 0 Å². The molecule has 82 valence electrons. The van der Waals surface area contributed by atoms with Crippen molar-refractivity contribution in [2.75, 3.05) is 5.73 Å². The average molecular weight is 301 g/mol. The Morgan fingerprint density at radius 3 is 2.81 bits per heavy atom. The van der Waals surface area contributed by atoms with Crippen LogP contribution in [0.15, 0.2) is 22.7 Å². The number of nitrogens with two attached hydrogens (primary N) is 1. The third-order valence-electron chi connectivity index (χ3n) is 1.85. The van der Waals surface area contributed by atoms with Gasteiger partial charge in [-0.25, -0.2) is 9.37 Å². The first-order valence-electron chi connectivity index (χ1n) is 4.25. The smallest absolute Gasteiger partial charge is 0.224 e. The van der Waals surface area contributed by atoms with E-state index in [1.165, 1.54) is 6.07 Å². The van der Waals surface area contributed by atoms with Crippen molar-refractivity contribution in [1.82, 2.24) is 15.0 Å². The van der Waals surface area contributed by atoms with Crippen LogP contribution in [0.2, 0.25) is 0 Å². The lowest BCUT2D eigenvalue weighted by Gasteiger charge is -2.04. The molecule has 3 N–H and O–H groups in total. The highest BCUT2D eigenvalue weighted by Gasteiger charge is 2.08. The zero-order valence-corrected chi connectivity index (χ0v) is 10.3. The van der Waals surface area contributed by atoms with Crippen molar-refractivity contribution in [2.45, 2.75) is 0 Å². The zero-order chi connectivity index (χ0) is 11.7. The van der Waals surface area contributed by atoms with Gasteiger partial charge < -0.3 is 10.7 Å². The van der Waals surface area contributed by atoms with Crippen molar-refractivity contribution in [3.05, 3.63) is 33.3 Å². The van der Waals surface area contributed by atoms with E-state index in [9.17, 15) is 4.39 Å². The molecule has 0 bridgehead atoms. The molecule has 0 aliphatic heterocycles. The van der Waals surface area contributed by atoms with Gasteiger partial charge >= 0.3 is 0 Å². The summed E-state index contributed by atoms with van der Waals surface area (Å²) in [5.74, 6) is -0.0439.